The molecule has 2 unspecified atom stereocenters. The number of hydrogen-bond acceptors (Lipinski definition) is 10. The molecule has 0 radical (unpaired) electrons. The van der Waals surface area contributed by atoms with Gasteiger partial charge in [0.2, 0.25) is 11.9 Å². The van der Waals surface area contributed by atoms with Crippen LogP contribution in [-0.4, -0.2) is 82.8 Å². The summed E-state index contributed by atoms with van der Waals surface area (Å²) in [6, 6.07) is 32.1. The maximum absolute atomic E-state index is 13.2. The molecule has 70 heavy (non-hydrogen) atoms. The van der Waals surface area contributed by atoms with Crippen LogP contribution >= 0.6 is 23.2 Å². The molecular weight excluding hydrogens is 918 g/mol. The number of nitrogens with one attached hydrogen (secondary N) is 3. The first-order valence-corrected chi connectivity index (χ1v) is 24.2. The summed E-state index contributed by atoms with van der Waals surface area (Å²) in [6.45, 7) is 0. The van der Waals surface area contributed by atoms with Gasteiger partial charge in [0.25, 0.3) is 11.8 Å². The van der Waals surface area contributed by atoms with Crippen molar-refractivity contribution in [3.63, 3.8) is 0 Å². The van der Waals surface area contributed by atoms with E-state index in [1.807, 2.05) is 54.7 Å². The molecule has 12 rings (SSSR count). The third-order valence-electron chi connectivity index (χ3n) is 14.3. The Labute approximate surface area is 419 Å². The van der Waals surface area contributed by atoms with E-state index in [0.29, 0.717) is 50.1 Å². The number of rotatable bonds is 8. The van der Waals surface area contributed by atoms with Crippen LogP contribution in [0.5, 0.6) is 0 Å². The molecule has 1 aliphatic carbocycles. The Morgan fingerprint density at radius 2 is 1.07 bits per heavy atom. The summed E-state index contributed by atoms with van der Waals surface area (Å²) in [5, 5.41) is 9.20. The Bertz CT molecular complexity index is 3040. The number of fused-ring (bicyclic) bond motifs is 6. The molecule has 0 spiro atoms. The number of H-pyrrole nitrogens is 1. The van der Waals surface area contributed by atoms with Crippen LogP contribution in [0.15, 0.2) is 122 Å². The molecule has 360 valence electrons. The number of aromatic nitrogens is 5. The van der Waals surface area contributed by atoms with Crippen LogP contribution in [-0.2, 0) is 6.42 Å². The normalized spacial score (nSPS) is 21.7. The second kappa shape index (κ2) is 20.2. The average Bonchev–Trinajstić information content (AvgIpc) is 4.11. The lowest BCUT2D eigenvalue weighted by atomic mass is 9.96. The zero-order valence-corrected chi connectivity index (χ0v) is 38.8. The molecule has 4 fully saturated rings. The number of aromatic amines is 1. The van der Waals surface area contributed by atoms with Crippen LogP contribution in [0.1, 0.15) is 104 Å². The van der Waals surface area contributed by atoms with Gasteiger partial charge >= 0.3 is 0 Å². The number of benzene rings is 4. The number of halogens is 2. The Hall–Kier alpha value is -6.96. The van der Waals surface area contributed by atoms with Gasteiger partial charge in [-0.25, -0.2) is 19.9 Å². The quantitative estimate of drug-likeness (QED) is 0.0918. The number of allylic oxidation sites excluding steroid dienone is 1. The topological polar surface area (TPSA) is 184 Å². The fourth-order valence-corrected chi connectivity index (χ4v) is 11.6. The van der Waals surface area contributed by atoms with Gasteiger partial charge in [0, 0.05) is 87.0 Å². The standard InChI is InChI=1S/C27H26ClN5O.C26H25ClN6O.2CH4/c28-24-15-30-27(32-25(24)23-12-7-16-3-1-2-4-22(16)23)31-19-13-20-10-11-21(14-19)33(20)26(34)17-5-8-18(29)9-6-17;27-22-14-30-26(32-24(22)21-13-29-23-4-2-1-3-20(21)23)31-17-11-18-9-10-19(12-17)33(18)25(34)15-5-7-16(28)8-6-15;;/h1-6,8-9,12,15,19-21H,7,10-11,13-14,29H2,(H,30,31,32);1-8,13-14,17-19,29H,9-12,28H2,(H,30,31,32);2*1H4/t19?,20-,21+;17?,18-,19+;;. The first-order valence-electron chi connectivity index (χ1n) is 23.4. The number of nitrogen functional groups attached to an aromatic ring is 2. The van der Waals surface area contributed by atoms with Crippen molar-refractivity contribution in [3.05, 3.63) is 160 Å². The second-order valence-electron chi connectivity index (χ2n) is 18.6. The summed E-state index contributed by atoms with van der Waals surface area (Å²) in [4.78, 5) is 52.3. The molecule has 7 heterocycles. The zero-order valence-electron chi connectivity index (χ0n) is 37.3. The molecule has 4 aliphatic heterocycles. The fraction of sp³-hybridized carbons (Fsp3) is 0.309. The molecule has 4 bridgehead atoms. The molecule has 4 aromatic carbocycles. The van der Waals surface area contributed by atoms with E-state index in [1.165, 1.54) is 11.1 Å². The van der Waals surface area contributed by atoms with Gasteiger partial charge in [0.05, 0.1) is 33.8 Å². The predicted molar refractivity (Wildman–Crippen MR) is 283 cm³/mol. The molecule has 0 saturated carbocycles. The van der Waals surface area contributed by atoms with Crippen LogP contribution in [0.25, 0.3) is 27.7 Å². The minimum Gasteiger partial charge on any atom is -0.399 e. The summed E-state index contributed by atoms with van der Waals surface area (Å²) in [7, 11) is 0. The van der Waals surface area contributed by atoms with E-state index in [0.717, 1.165) is 85.5 Å². The fourth-order valence-electron chi connectivity index (χ4n) is 11.2. The number of anilines is 4. The van der Waals surface area contributed by atoms with Crippen molar-refractivity contribution in [3.8, 4) is 11.3 Å². The second-order valence-corrected chi connectivity index (χ2v) is 19.4. The molecule has 4 saturated heterocycles. The molecule has 7 aromatic rings. The number of para-hydroxylation sites is 1. The van der Waals surface area contributed by atoms with Gasteiger partial charge in [-0.15, -0.1) is 0 Å². The number of hydrogen-bond donors (Lipinski definition) is 5. The van der Waals surface area contributed by atoms with Crippen molar-refractivity contribution in [2.24, 2.45) is 0 Å². The van der Waals surface area contributed by atoms with Gasteiger partial charge in [-0.1, -0.05) is 86.6 Å². The van der Waals surface area contributed by atoms with E-state index in [4.69, 9.17) is 44.6 Å². The average molecular weight is 977 g/mol. The van der Waals surface area contributed by atoms with Crippen molar-refractivity contribution in [2.75, 3.05) is 22.1 Å². The van der Waals surface area contributed by atoms with E-state index < -0.39 is 0 Å². The number of carbonyl (C=O) groups excluding carboxylic acids is 2. The predicted octanol–water partition coefficient (Wildman–Crippen LogP) is 11.3. The molecule has 3 aromatic heterocycles. The largest absolute Gasteiger partial charge is 0.399 e. The van der Waals surface area contributed by atoms with E-state index in [9.17, 15) is 9.59 Å². The van der Waals surface area contributed by atoms with Crippen molar-refractivity contribution >= 4 is 74.8 Å². The molecule has 2 amide bonds. The van der Waals surface area contributed by atoms with Crippen molar-refractivity contribution in [1.82, 2.24) is 34.7 Å². The molecule has 7 N–H and O–H groups in total. The Balaban J connectivity index is 0.000000169. The first-order chi connectivity index (χ1) is 33.1. The summed E-state index contributed by atoms with van der Waals surface area (Å²) in [5.74, 6) is 1.35. The lowest BCUT2D eigenvalue weighted by Crippen LogP contribution is -2.49. The first kappa shape index (κ1) is 48.1. The van der Waals surface area contributed by atoms with Crippen LogP contribution in [0.3, 0.4) is 0 Å². The third-order valence-corrected chi connectivity index (χ3v) is 14.9. The lowest BCUT2D eigenvalue weighted by Gasteiger charge is -2.39. The molecule has 15 heteroatoms. The minimum absolute atomic E-state index is 0. The van der Waals surface area contributed by atoms with E-state index in [-0.39, 0.29) is 62.9 Å². The number of nitrogens with zero attached hydrogens (tertiary/aromatic N) is 6. The number of amides is 2. The highest BCUT2D eigenvalue weighted by molar-refractivity contribution is 6.33. The van der Waals surface area contributed by atoms with Gasteiger partial charge in [0.15, 0.2) is 0 Å². The summed E-state index contributed by atoms with van der Waals surface area (Å²) < 4.78 is 0. The van der Waals surface area contributed by atoms with Gasteiger partial charge < -0.3 is 36.9 Å². The number of nitrogens with two attached hydrogens (primary N) is 2. The number of carbonyl (C=O) groups is 2. The maximum atomic E-state index is 13.2. The number of piperidine rings is 2. The zero-order chi connectivity index (χ0) is 46.5. The summed E-state index contributed by atoms with van der Waals surface area (Å²) in [5.41, 5.74) is 21.3. The monoisotopic (exact) mass is 975 g/mol. The SMILES string of the molecule is C.C.Nc1ccc(C(=O)N2[C@@H]3CC[C@H]2CC(Nc2ncc(Cl)c(-c4c[nH]c5ccccc45)n2)C3)cc1.Nc1ccc(C(=O)N2[C@@H]3CC[C@H]2CC(Nc2ncc(Cl)c(C4=CCc5ccccc54)n2)C3)cc1. The molecule has 5 aliphatic rings. The Kier molecular flexibility index (Phi) is 13.9. The van der Waals surface area contributed by atoms with Gasteiger partial charge in [-0.3, -0.25) is 9.59 Å². The van der Waals surface area contributed by atoms with Crippen LogP contribution in [0, 0.1) is 0 Å². The van der Waals surface area contributed by atoms with E-state index in [1.54, 1.807) is 36.7 Å². The smallest absolute Gasteiger partial charge is 0.254 e. The summed E-state index contributed by atoms with van der Waals surface area (Å²) in [6.07, 6.45) is 15.9. The van der Waals surface area contributed by atoms with Gasteiger partial charge in [-0.05, 0) is 124 Å². The van der Waals surface area contributed by atoms with E-state index in [2.05, 4.69) is 65.7 Å². The van der Waals surface area contributed by atoms with Gasteiger partial charge in [-0.2, -0.15) is 0 Å². The summed E-state index contributed by atoms with van der Waals surface area (Å²) >= 11 is 13.0. The highest BCUT2D eigenvalue weighted by Crippen LogP contribution is 2.41. The third kappa shape index (κ3) is 9.39. The molecule has 6 atom stereocenters. The van der Waals surface area contributed by atoms with Crippen LogP contribution in [0.2, 0.25) is 10.0 Å². The van der Waals surface area contributed by atoms with Crippen LogP contribution in [0.4, 0.5) is 23.3 Å². The van der Waals surface area contributed by atoms with Crippen LogP contribution < -0.4 is 22.1 Å². The Morgan fingerprint density at radius 3 is 1.61 bits per heavy atom. The molecule has 13 nitrogen and oxygen atoms in total. The van der Waals surface area contributed by atoms with Crippen molar-refractivity contribution < 1.29 is 9.59 Å². The van der Waals surface area contributed by atoms with Gasteiger partial charge in [0.1, 0.15) is 0 Å². The van der Waals surface area contributed by atoms with E-state index >= 15 is 0 Å². The highest BCUT2D eigenvalue weighted by Gasteiger charge is 2.45. The molecular formula is C55H59Cl2N11O2. The Morgan fingerprint density at radius 1 is 0.600 bits per heavy atom. The van der Waals surface area contributed by atoms with Crippen molar-refractivity contribution in [1.29, 1.82) is 0 Å². The van der Waals surface area contributed by atoms with Crippen molar-refractivity contribution in [2.45, 2.75) is 109 Å². The highest BCUT2D eigenvalue weighted by atomic mass is 35.5. The lowest BCUT2D eigenvalue weighted by molar-refractivity contribution is 0.0574. The maximum Gasteiger partial charge on any atom is 0.254 e. The minimum atomic E-state index is 0.